The van der Waals surface area contributed by atoms with Crippen LogP contribution in [0.5, 0.6) is 0 Å². The molecule has 25 heavy (non-hydrogen) atoms. The Labute approximate surface area is 149 Å². The third-order valence-electron chi connectivity index (χ3n) is 4.22. The zero-order valence-corrected chi connectivity index (χ0v) is 15.1. The van der Waals surface area contributed by atoms with E-state index in [0.29, 0.717) is 19.0 Å². The summed E-state index contributed by atoms with van der Waals surface area (Å²) in [5, 5.41) is 6.03. The van der Waals surface area contributed by atoms with Gasteiger partial charge in [-0.1, -0.05) is 25.5 Å². The fraction of sp³-hybridized carbons (Fsp3) is 0.474. The van der Waals surface area contributed by atoms with Gasteiger partial charge in [0, 0.05) is 19.3 Å². The van der Waals surface area contributed by atoms with Crippen LogP contribution in [-0.2, 0) is 15.1 Å². The van der Waals surface area contributed by atoms with E-state index in [2.05, 4.69) is 41.1 Å². The molecule has 0 bridgehead atoms. The van der Waals surface area contributed by atoms with Crippen molar-refractivity contribution >= 4 is 17.7 Å². The lowest BCUT2D eigenvalue weighted by Gasteiger charge is -2.29. The molecule has 2 rings (SSSR count). The van der Waals surface area contributed by atoms with Crippen LogP contribution in [0.3, 0.4) is 0 Å². The number of allylic oxidation sites excluding steroid dienone is 2. The maximum Gasteiger partial charge on any atom is 0.251 e. The average Bonchev–Trinajstić information content (AvgIpc) is 3.07. The van der Waals surface area contributed by atoms with Crippen LogP contribution in [0, 0.1) is 12.3 Å². The minimum absolute atomic E-state index is 0.256. The highest BCUT2D eigenvalue weighted by Gasteiger charge is 2.35. The van der Waals surface area contributed by atoms with Crippen molar-refractivity contribution in [1.82, 2.24) is 20.2 Å². The molecule has 2 heterocycles. The van der Waals surface area contributed by atoms with Crippen molar-refractivity contribution in [2.45, 2.75) is 38.8 Å². The molecule has 1 unspecified atom stereocenters. The van der Waals surface area contributed by atoms with E-state index in [9.17, 15) is 4.79 Å². The van der Waals surface area contributed by atoms with Gasteiger partial charge in [0.15, 0.2) is 11.4 Å². The third kappa shape index (κ3) is 4.01. The van der Waals surface area contributed by atoms with E-state index in [0.717, 1.165) is 24.2 Å². The highest BCUT2D eigenvalue weighted by Crippen LogP contribution is 2.25. The van der Waals surface area contributed by atoms with E-state index in [-0.39, 0.29) is 5.91 Å². The van der Waals surface area contributed by atoms with E-state index in [1.165, 1.54) is 0 Å². The Kier molecular flexibility index (Phi) is 6.18. The molecule has 0 radical (unpaired) electrons. The Bertz CT molecular complexity index is 707. The maximum atomic E-state index is 12.5. The first-order valence-corrected chi connectivity index (χ1v) is 8.46. The van der Waals surface area contributed by atoms with Crippen molar-refractivity contribution in [3.63, 3.8) is 0 Å². The van der Waals surface area contributed by atoms with Gasteiger partial charge in [-0.15, -0.1) is 6.42 Å². The summed E-state index contributed by atoms with van der Waals surface area (Å²) in [6, 6.07) is 0. The normalized spacial score (nSPS) is 20.4. The predicted octanol–water partition coefficient (Wildman–Crippen LogP) is 1.75. The van der Waals surface area contributed by atoms with Crippen LogP contribution < -0.4 is 10.6 Å². The van der Waals surface area contributed by atoms with Gasteiger partial charge in [-0.3, -0.25) is 4.79 Å². The Morgan fingerprint density at radius 1 is 1.72 bits per heavy atom. The number of imidazole rings is 1. The summed E-state index contributed by atoms with van der Waals surface area (Å²) in [4.78, 5) is 17.0. The molecule has 0 aromatic carbocycles. The number of terminal acetylenes is 1. The van der Waals surface area contributed by atoms with Crippen LogP contribution in [0.2, 0.25) is 0 Å². The number of rotatable bonds is 6. The molecule has 1 aromatic heterocycles. The number of hydrogen-bond acceptors (Lipinski definition) is 4. The van der Waals surface area contributed by atoms with Gasteiger partial charge >= 0.3 is 0 Å². The van der Waals surface area contributed by atoms with E-state index >= 15 is 0 Å². The number of nitrogens with zero attached hydrogens (tertiary/aromatic N) is 2. The molecule has 2 atom stereocenters. The lowest BCUT2D eigenvalue weighted by Crippen LogP contribution is -2.53. The number of amides is 1. The van der Waals surface area contributed by atoms with E-state index in [1.54, 1.807) is 19.3 Å². The summed E-state index contributed by atoms with van der Waals surface area (Å²) in [6.07, 6.45) is 11.6. The number of aromatic nitrogens is 2. The standard InChI is InChI=1S/C19H26N4O2/c1-6-9-14(4)15-12-21-18(23(15)8-3)19(5,7-2)22-17(24)16-13-20-10-11-25-16/h2,8-9,12,16,20H,3,6,10-11,13H2,1,4-5H3,(H,22,24)/b14-9-/t16-,19?/m0/s1. The minimum Gasteiger partial charge on any atom is -0.366 e. The Balaban J connectivity index is 2.32. The first-order valence-electron chi connectivity index (χ1n) is 8.46. The van der Waals surface area contributed by atoms with Crippen molar-refractivity contribution in [3.05, 3.63) is 30.4 Å². The topological polar surface area (TPSA) is 68.2 Å². The first kappa shape index (κ1) is 19.0. The van der Waals surface area contributed by atoms with Crippen LogP contribution in [0.4, 0.5) is 0 Å². The fourth-order valence-corrected chi connectivity index (χ4v) is 2.84. The monoisotopic (exact) mass is 342 g/mol. The van der Waals surface area contributed by atoms with Gasteiger partial charge in [-0.2, -0.15) is 0 Å². The van der Waals surface area contributed by atoms with Crippen molar-refractivity contribution in [3.8, 4) is 12.3 Å². The predicted molar refractivity (Wildman–Crippen MR) is 99.5 cm³/mol. The lowest BCUT2D eigenvalue weighted by atomic mass is 10.0. The van der Waals surface area contributed by atoms with E-state index < -0.39 is 11.6 Å². The zero-order chi connectivity index (χ0) is 18.4. The Morgan fingerprint density at radius 2 is 2.48 bits per heavy atom. The van der Waals surface area contributed by atoms with Crippen molar-refractivity contribution in [2.75, 3.05) is 19.7 Å². The lowest BCUT2D eigenvalue weighted by molar-refractivity contribution is -0.135. The molecule has 2 N–H and O–H groups in total. The maximum absolute atomic E-state index is 12.5. The molecule has 1 aliphatic rings. The molecule has 1 aliphatic heterocycles. The molecule has 0 aliphatic carbocycles. The molecule has 1 amide bonds. The second-order valence-corrected chi connectivity index (χ2v) is 6.14. The number of carbonyl (C=O) groups excluding carboxylic acids is 1. The number of hydrogen-bond donors (Lipinski definition) is 2. The van der Waals surface area contributed by atoms with Gasteiger partial charge in [0.25, 0.3) is 5.91 Å². The number of ether oxygens (including phenoxy) is 1. The smallest absolute Gasteiger partial charge is 0.251 e. The summed E-state index contributed by atoms with van der Waals surface area (Å²) >= 11 is 0. The summed E-state index contributed by atoms with van der Waals surface area (Å²) < 4.78 is 7.32. The molecule has 0 spiro atoms. The molecule has 1 saturated heterocycles. The molecule has 1 aromatic rings. The van der Waals surface area contributed by atoms with Crippen LogP contribution >= 0.6 is 0 Å². The van der Waals surface area contributed by atoms with Gasteiger partial charge in [0.2, 0.25) is 0 Å². The van der Waals surface area contributed by atoms with E-state index in [4.69, 9.17) is 11.2 Å². The number of nitrogens with one attached hydrogen (secondary N) is 2. The molecule has 6 nitrogen and oxygen atoms in total. The average molecular weight is 342 g/mol. The Hall–Kier alpha value is -2.36. The molecule has 134 valence electrons. The molecular weight excluding hydrogens is 316 g/mol. The Morgan fingerprint density at radius 3 is 3.04 bits per heavy atom. The van der Waals surface area contributed by atoms with E-state index in [1.807, 2.05) is 11.5 Å². The van der Waals surface area contributed by atoms with Gasteiger partial charge < -0.3 is 19.9 Å². The quantitative estimate of drug-likeness (QED) is 0.773. The molecule has 1 fully saturated rings. The first-order chi connectivity index (χ1) is 12.0. The van der Waals surface area contributed by atoms with Gasteiger partial charge in [0.05, 0.1) is 18.5 Å². The molecule has 6 heteroatoms. The SMILES string of the molecule is C#CC(C)(NC(=O)[C@@H]1CNCCO1)c1ncc(/C(C)=C\CC)n1C=C. The molecular formula is C19H26N4O2. The molecule has 0 saturated carbocycles. The van der Waals surface area contributed by atoms with Crippen LogP contribution in [0.15, 0.2) is 18.9 Å². The largest absolute Gasteiger partial charge is 0.366 e. The highest BCUT2D eigenvalue weighted by atomic mass is 16.5. The summed E-state index contributed by atoms with van der Waals surface area (Å²) in [7, 11) is 0. The summed E-state index contributed by atoms with van der Waals surface area (Å²) in [5.74, 6) is 2.95. The summed E-state index contributed by atoms with van der Waals surface area (Å²) in [6.45, 7) is 11.4. The minimum atomic E-state index is -1.07. The second-order valence-electron chi connectivity index (χ2n) is 6.14. The van der Waals surface area contributed by atoms with Gasteiger partial charge in [-0.25, -0.2) is 4.98 Å². The second kappa shape index (κ2) is 8.15. The van der Waals surface area contributed by atoms with Crippen molar-refractivity contribution in [2.24, 2.45) is 0 Å². The van der Waals surface area contributed by atoms with Crippen LogP contribution in [0.1, 0.15) is 38.7 Å². The third-order valence-corrected chi connectivity index (χ3v) is 4.22. The van der Waals surface area contributed by atoms with Gasteiger partial charge in [0.1, 0.15) is 6.10 Å². The fourth-order valence-electron chi connectivity index (χ4n) is 2.84. The number of morpholine rings is 1. The van der Waals surface area contributed by atoms with Crippen molar-refractivity contribution < 1.29 is 9.53 Å². The van der Waals surface area contributed by atoms with Gasteiger partial charge in [-0.05, 0) is 25.8 Å². The zero-order valence-electron chi connectivity index (χ0n) is 15.1. The van der Waals surface area contributed by atoms with Crippen LogP contribution in [-0.4, -0.2) is 41.3 Å². The van der Waals surface area contributed by atoms with Crippen LogP contribution in [0.25, 0.3) is 11.8 Å². The number of carbonyl (C=O) groups is 1. The van der Waals surface area contributed by atoms with Crippen molar-refractivity contribution in [1.29, 1.82) is 0 Å². The highest BCUT2D eigenvalue weighted by molar-refractivity contribution is 5.82. The summed E-state index contributed by atoms with van der Waals surface area (Å²) in [5.41, 5.74) is 0.904.